The van der Waals surface area contributed by atoms with E-state index in [-0.39, 0.29) is 33.8 Å². The van der Waals surface area contributed by atoms with Gasteiger partial charge >= 0.3 is 0 Å². The molecule has 0 atom stereocenters. The van der Waals surface area contributed by atoms with Crippen molar-refractivity contribution in [1.29, 1.82) is 0 Å². The summed E-state index contributed by atoms with van der Waals surface area (Å²) >= 11 is 0. The molecule has 0 saturated heterocycles. The SMILES string of the molecule is CC(C)(C)c1ccc(N2c3cc(C(C)(C)C)ccc3B3c4cc5c(-c6ccccc6)c6cc(C(C)(C)C)ccc6c(-c6ccccc6)c5cc4N(c4ccc(C(C)(C)C)cc4)c4cc(C(C)(C)C)cc2c43)cc1. The molecule has 0 saturated carbocycles. The fraction of sp³-hybridized carbons (Fsp3) is 0.286. The second kappa shape index (κ2) is 16.9. The Labute approximate surface area is 437 Å². The van der Waals surface area contributed by atoms with Crippen LogP contribution in [0.25, 0.3) is 43.8 Å². The normalized spacial score (nSPS) is 13.9. The first-order chi connectivity index (χ1) is 34.4. The average molecular weight is 953 g/mol. The van der Waals surface area contributed by atoms with Crippen molar-refractivity contribution in [2.45, 2.75) is 131 Å². The lowest BCUT2D eigenvalue weighted by molar-refractivity contribution is 0.589. The second-order valence-electron chi connectivity index (χ2n) is 26.3. The molecule has 9 aromatic carbocycles. The predicted octanol–water partition coefficient (Wildman–Crippen LogP) is 17.9. The molecule has 366 valence electrons. The minimum Gasteiger partial charge on any atom is -0.311 e. The van der Waals surface area contributed by atoms with Gasteiger partial charge in [0.15, 0.2) is 0 Å². The summed E-state index contributed by atoms with van der Waals surface area (Å²) in [6.45, 7) is 35.0. The molecule has 0 amide bonds. The number of hydrogen-bond donors (Lipinski definition) is 0. The van der Waals surface area contributed by atoms with Crippen LogP contribution < -0.4 is 26.2 Å². The second-order valence-corrected chi connectivity index (χ2v) is 26.3. The van der Waals surface area contributed by atoms with Gasteiger partial charge in [-0.1, -0.05) is 219 Å². The van der Waals surface area contributed by atoms with Gasteiger partial charge in [-0.2, -0.15) is 0 Å². The minimum absolute atomic E-state index is 0.00986. The Morgan fingerprint density at radius 1 is 0.288 bits per heavy atom. The van der Waals surface area contributed by atoms with Crippen LogP contribution in [0.3, 0.4) is 0 Å². The molecule has 0 aromatic heterocycles. The molecule has 2 heterocycles. The van der Waals surface area contributed by atoms with Crippen LogP contribution in [0, 0.1) is 0 Å². The van der Waals surface area contributed by atoms with Crippen LogP contribution in [0.1, 0.15) is 132 Å². The predicted molar refractivity (Wildman–Crippen MR) is 320 cm³/mol. The van der Waals surface area contributed by atoms with Crippen LogP contribution in [0.2, 0.25) is 0 Å². The van der Waals surface area contributed by atoms with Gasteiger partial charge in [-0.05, 0) is 170 Å². The van der Waals surface area contributed by atoms with Crippen molar-refractivity contribution >= 4 is 78.8 Å². The Hall–Kier alpha value is -6.84. The van der Waals surface area contributed by atoms with Gasteiger partial charge in [0.25, 0.3) is 6.71 Å². The molecule has 73 heavy (non-hydrogen) atoms. The molecular weight excluding hydrogens is 880 g/mol. The molecule has 0 radical (unpaired) electrons. The van der Waals surface area contributed by atoms with Crippen molar-refractivity contribution in [3.05, 3.63) is 198 Å². The Morgan fingerprint density at radius 2 is 0.658 bits per heavy atom. The lowest BCUT2D eigenvalue weighted by atomic mass is 9.33. The highest BCUT2D eigenvalue weighted by molar-refractivity contribution is 7.00. The number of nitrogens with zero attached hydrogens (tertiary/aromatic N) is 2. The summed E-state index contributed by atoms with van der Waals surface area (Å²) in [7, 11) is 0. The molecule has 0 spiro atoms. The summed E-state index contributed by atoms with van der Waals surface area (Å²) in [5.41, 5.74) is 22.7. The molecule has 2 aliphatic heterocycles. The summed E-state index contributed by atoms with van der Waals surface area (Å²) in [5.74, 6) is 0. The minimum atomic E-state index is -0.141. The van der Waals surface area contributed by atoms with E-state index >= 15 is 0 Å². The third kappa shape index (κ3) is 8.28. The number of benzene rings is 9. The summed E-state index contributed by atoms with van der Waals surface area (Å²) in [4.78, 5) is 5.24. The zero-order chi connectivity index (χ0) is 51.7. The van der Waals surface area contributed by atoms with Crippen LogP contribution in [-0.2, 0) is 27.1 Å². The molecule has 0 unspecified atom stereocenters. The standard InChI is InChI=1S/C70H73BN2/c1-66(2,3)46-26-32-51(33-27-46)72-59-39-49(69(10,11)12)31-37-57(59)71-58-42-55-56(43-60(58)73(52-34-28-47(29-35-52)67(4,5)6)62-41-50(70(13,14)15)40-61(72)65(62)71)63(44-22-18-16-19-23-44)53-36-30-48(68(7,8)9)38-54(53)64(55)45-24-20-17-21-25-45/h16-43H,1-15H3. The number of anilines is 6. The van der Waals surface area contributed by atoms with Gasteiger partial charge in [-0.15, -0.1) is 0 Å². The zero-order valence-electron chi connectivity index (χ0n) is 46.1. The summed E-state index contributed by atoms with van der Waals surface area (Å²) in [6.07, 6.45) is 0. The van der Waals surface area contributed by atoms with Gasteiger partial charge in [0.1, 0.15) is 0 Å². The number of hydrogen-bond acceptors (Lipinski definition) is 2. The Bertz CT molecular complexity index is 3610. The van der Waals surface area contributed by atoms with Gasteiger partial charge in [0.05, 0.1) is 0 Å². The van der Waals surface area contributed by atoms with Crippen molar-refractivity contribution in [3.8, 4) is 22.3 Å². The molecule has 2 nitrogen and oxygen atoms in total. The quantitative estimate of drug-likeness (QED) is 0.128. The molecule has 2 aliphatic rings. The average Bonchev–Trinajstić information content (AvgIpc) is 3.33. The van der Waals surface area contributed by atoms with Crippen molar-refractivity contribution in [1.82, 2.24) is 0 Å². The molecule has 11 rings (SSSR count). The first kappa shape index (κ1) is 48.4. The fourth-order valence-corrected chi connectivity index (χ4v) is 11.7. The topological polar surface area (TPSA) is 6.48 Å². The number of rotatable bonds is 4. The zero-order valence-corrected chi connectivity index (χ0v) is 46.1. The third-order valence-corrected chi connectivity index (χ3v) is 16.0. The van der Waals surface area contributed by atoms with E-state index in [4.69, 9.17) is 0 Å². The Morgan fingerprint density at radius 3 is 1.12 bits per heavy atom. The van der Waals surface area contributed by atoms with Gasteiger partial charge in [-0.3, -0.25) is 0 Å². The van der Waals surface area contributed by atoms with E-state index in [0.717, 1.165) is 5.69 Å². The molecule has 9 aromatic rings. The van der Waals surface area contributed by atoms with E-state index in [1.54, 1.807) is 0 Å². The maximum atomic E-state index is 2.63. The Kier molecular flexibility index (Phi) is 11.2. The monoisotopic (exact) mass is 953 g/mol. The summed E-state index contributed by atoms with van der Waals surface area (Å²) in [5, 5.41) is 5.09. The largest absolute Gasteiger partial charge is 0.311 e. The Balaban J connectivity index is 1.34. The van der Waals surface area contributed by atoms with Crippen molar-refractivity contribution in [3.63, 3.8) is 0 Å². The van der Waals surface area contributed by atoms with Crippen LogP contribution in [-0.4, -0.2) is 6.71 Å². The van der Waals surface area contributed by atoms with Gasteiger partial charge in [-0.25, -0.2) is 0 Å². The third-order valence-electron chi connectivity index (χ3n) is 16.0. The van der Waals surface area contributed by atoms with Gasteiger partial charge in [0.2, 0.25) is 0 Å². The highest BCUT2D eigenvalue weighted by Crippen LogP contribution is 2.51. The van der Waals surface area contributed by atoms with Gasteiger partial charge in [0, 0.05) is 34.1 Å². The van der Waals surface area contributed by atoms with E-state index in [0.29, 0.717) is 0 Å². The molecule has 3 heteroatoms. The fourth-order valence-electron chi connectivity index (χ4n) is 11.7. The van der Waals surface area contributed by atoms with E-state index in [9.17, 15) is 0 Å². The van der Waals surface area contributed by atoms with Crippen molar-refractivity contribution in [2.75, 3.05) is 9.80 Å². The number of fused-ring (bicyclic) bond motifs is 6. The first-order valence-corrected chi connectivity index (χ1v) is 26.7. The lowest BCUT2D eigenvalue weighted by Gasteiger charge is -2.45. The van der Waals surface area contributed by atoms with Crippen LogP contribution in [0.15, 0.2) is 170 Å². The molecule has 0 fully saturated rings. The van der Waals surface area contributed by atoms with Gasteiger partial charge < -0.3 is 9.80 Å². The highest BCUT2D eigenvalue weighted by Gasteiger charge is 2.45. The van der Waals surface area contributed by atoms with E-state index in [1.165, 1.54) is 116 Å². The molecular formula is C70H73BN2. The summed E-state index contributed by atoms with van der Waals surface area (Å²) in [6, 6.07) is 66.2. The van der Waals surface area contributed by atoms with Crippen LogP contribution in [0.5, 0.6) is 0 Å². The van der Waals surface area contributed by atoms with Crippen molar-refractivity contribution in [2.24, 2.45) is 0 Å². The van der Waals surface area contributed by atoms with E-state index in [1.807, 2.05) is 0 Å². The first-order valence-electron chi connectivity index (χ1n) is 26.7. The summed E-state index contributed by atoms with van der Waals surface area (Å²) < 4.78 is 0. The van der Waals surface area contributed by atoms with E-state index in [2.05, 4.69) is 284 Å². The lowest BCUT2D eigenvalue weighted by Crippen LogP contribution is -2.61. The molecule has 0 aliphatic carbocycles. The van der Waals surface area contributed by atoms with Crippen molar-refractivity contribution < 1.29 is 0 Å². The van der Waals surface area contributed by atoms with Crippen LogP contribution in [0.4, 0.5) is 34.1 Å². The van der Waals surface area contributed by atoms with Crippen LogP contribution >= 0.6 is 0 Å². The van der Waals surface area contributed by atoms with E-state index < -0.39 is 0 Å². The smallest absolute Gasteiger partial charge is 0.252 e. The maximum Gasteiger partial charge on any atom is 0.252 e. The highest BCUT2D eigenvalue weighted by atomic mass is 15.2. The molecule has 0 bridgehead atoms. The molecule has 0 N–H and O–H groups in total. The maximum absolute atomic E-state index is 2.63.